The molecule has 7 nitrogen and oxygen atoms in total. The highest BCUT2D eigenvalue weighted by Crippen LogP contribution is 2.12. The second-order valence-corrected chi connectivity index (χ2v) is 6.58. The van der Waals surface area contributed by atoms with Crippen LogP contribution in [0.25, 0.3) is 5.69 Å². The van der Waals surface area contributed by atoms with Crippen LogP contribution in [-0.4, -0.2) is 42.4 Å². The van der Waals surface area contributed by atoms with Crippen molar-refractivity contribution in [3.8, 4) is 5.69 Å². The zero-order chi connectivity index (χ0) is 19.3. The van der Waals surface area contributed by atoms with E-state index in [1.165, 1.54) is 6.33 Å². The average Bonchev–Trinajstić information content (AvgIpc) is 3.41. The summed E-state index contributed by atoms with van der Waals surface area (Å²) >= 11 is 0. The van der Waals surface area contributed by atoms with Crippen molar-refractivity contribution < 1.29 is 4.79 Å². The number of hydrogen-bond acceptors (Lipinski definition) is 4. The minimum atomic E-state index is -0.0280. The zero-order valence-electron chi connectivity index (χ0n) is 15.5. The fourth-order valence-electron chi connectivity index (χ4n) is 2.98. The first-order valence-corrected chi connectivity index (χ1v) is 8.95. The first-order valence-electron chi connectivity index (χ1n) is 8.95. The van der Waals surface area contributed by atoms with Crippen LogP contribution in [0.3, 0.4) is 0 Å². The Kier molecular flexibility index (Phi) is 4.97. The largest absolute Gasteiger partial charge is 0.337 e. The van der Waals surface area contributed by atoms with Gasteiger partial charge in [-0.25, -0.2) is 14.3 Å². The third-order valence-corrected chi connectivity index (χ3v) is 4.44. The smallest absolute Gasteiger partial charge is 0.253 e. The topological polar surface area (TPSA) is 68.8 Å². The van der Waals surface area contributed by atoms with Crippen LogP contribution >= 0.6 is 0 Å². The summed E-state index contributed by atoms with van der Waals surface area (Å²) in [6.45, 7) is 1.12. The Morgan fingerprint density at radius 2 is 1.79 bits per heavy atom. The first kappa shape index (κ1) is 17.7. The van der Waals surface area contributed by atoms with Crippen LogP contribution < -0.4 is 0 Å². The van der Waals surface area contributed by atoms with E-state index in [-0.39, 0.29) is 5.91 Å². The second kappa shape index (κ2) is 7.87. The van der Waals surface area contributed by atoms with E-state index >= 15 is 0 Å². The van der Waals surface area contributed by atoms with Crippen LogP contribution in [0.4, 0.5) is 0 Å². The predicted molar refractivity (Wildman–Crippen MR) is 105 cm³/mol. The molecule has 140 valence electrons. The molecule has 4 aromatic rings. The van der Waals surface area contributed by atoms with Crippen molar-refractivity contribution in [3.63, 3.8) is 0 Å². The van der Waals surface area contributed by atoms with Gasteiger partial charge in [0.2, 0.25) is 0 Å². The van der Waals surface area contributed by atoms with Gasteiger partial charge in [-0.05, 0) is 29.8 Å². The first-order chi connectivity index (χ1) is 13.7. The van der Waals surface area contributed by atoms with Gasteiger partial charge in [0.25, 0.3) is 5.91 Å². The minimum Gasteiger partial charge on any atom is -0.337 e. The molecule has 0 N–H and O–H groups in total. The Hall–Kier alpha value is -3.74. The van der Waals surface area contributed by atoms with Crippen molar-refractivity contribution in [1.29, 1.82) is 0 Å². The van der Waals surface area contributed by atoms with Gasteiger partial charge in [0.1, 0.15) is 12.7 Å². The van der Waals surface area contributed by atoms with Gasteiger partial charge in [-0.3, -0.25) is 4.79 Å². The number of benzene rings is 2. The number of carbonyl (C=O) groups excluding carboxylic acids is 1. The lowest BCUT2D eigenvalue weighted by Crippen LogP contribution is -2.26. The number of amides is 1. The van der Waals surface area contributed by atoms with Crippen molar-refractivity contribution in [3.05, 3.63) is 96.3 Å². The van der Waals surface area contributed by atoms with Gasteiger partial charge in [0.05, 0.1) is 18.4 Å². The number of rotatable bonds is 6. The van der Waals surface area contributed by atoms with Crippen molar-refractivity contribution in [2.75, 3.05) is 7.05 Å². The van der Waals surface area contributed by atoms with Crippen LogP contribution in [0, 0.1) is 0 Å². The minimum absolute atomic E-state index is 0.0280. The molecule has 4 rings (SSSR count). The maximum absolute atomic E-state index is 12.7. The summed E-state index contributed by atoms with van der Waals surface area (Å²) in [5.41, 5.74) is 3.68. The lowest BCUT2D eigenvalue weighted by atomic mass is 10.1. The Morgan fingerprint density at radius 1 is 1.00 bits per heavy atom. The summed E-state index contributed by atoms with van der Waals surface area (Å²) in [5.74, 6) is -0.0280. The van der Waals surface area contributed by atoms with Crippen molar-refractivity contribution in [2.45, 2.75) is 13.1 Å². The van der Waals surface area contributed by atoms with Gasteiger partial charge >= 0.3 is 0 Å². The van der Waals surface area contributed by atoms with Crippen LogP contribution in [0.2, 0.25) is 0 Å². The summed E-state index contributed by atoms with van der Waals surface area (Å²) in [5, 5.41) is 8.47. The Labute approximate surface area is 162 Å². The molecule has 0 unspecified atom stereocenters. The molecule has 0 radical (unpaired) electrons. The van der Waals surface area contributed by atoms with Gasteiger partial charge in [0.15, 0.2) is 0 Å². The molecule has 1 amide bonds. The van der Waals surface area contributed by atoms with E-state index in [0.717, 1.165) is 16.8 Å². The predicted octanol–water partition coefficient (Wildman–Crippen LogP) is 2.78. The molecule has 2 aromatic carbocycles. The fraction of sp³-hybridized carbons (Fsp3) is 0.143. The Balaban J connectivity index is 1.40. The monoisotopic (exact) mass is 372 g/mol. The van der Waals surface area contributed by atoms with Crippen LogP contribution in [0.5, 0.6) is 0 Å². The number of nitrogens with zero attached hydrogens (tertiary/aromatic N) is 6. The molecule has 0 atom stereocenters. The van der Waals surface area contributed by atoms with Crippen molar-refractivity contribution in [2.24, 2.45) is 0 Å². The average molecular weight is 372 g/mol. The molecule has 0 aliphatic heterocycles. The number of aromatic nitrogens is 5. The van der Waals surface area contributed by atoms with Gasteiger partial charge in [0, 0.05) is 30.9 Å². The summed E-state index contributed by atoms with van der Waals surface area (Å²) in [4.78, 5) is 18.4. The highest BCUT2D eigenvalue weighted by atomic mass is 16.2. The molecule has 0 aliphatic rings. The quantitative estimate of drug-likeness (QED) is 0.522. The number of para-hydroxylation sites is 1. The van der Waals surface area contributed by atoms with Crippen LogP contribution in [-0.2, 0) is 13.1 Å². The molecule has 0 bridgehead atoms. The van der Waals surface area contributed by atoms with Gasteiger partial charge in [-0.2, -0.15) is 10.2 Å². The molecular weight excluding hydrogens is 352 g/mol. The summed E-state index contributed by atoms with van der Waals surface area (Å²) in [6.07, 6.45) is 6.91. The van der Waals surface area contributed by atoms with E-state index in [4.69, 9.17) is 0 Å². The van der Waals surface area contributed by atoms with E-state index in [9.17, 15) is 4.79 Å². The van der Waals surface area contributed by atoms with Crippen molar-refractivity contribution in [1.82, 2.24) is 29.4 Å². The van der Waals surface area contributed by atoms with Crippen molar-refractivity contribution >= 4 is 5.91 Å². The lowest BCUT2D eigenvalue weighted by Gasteiger charge is -2.16. The lowest BCUT2D eigenvalue weighted by molar-refractivity contribution is 0.0785. The van der Waals surface area contributed by atoms with E-state index < -0.39 is 0 Å². The van der Waals surface area contributed by atoms with E-state index in [1.807, 2.05) is 65.5 Å². The summed E-state index contributed by atoms with van der Waals surface area (Å²) in [6, 6.07) is 17.5. The maximum atomic E-state index is 12.7. The zero-order valence-corrected chi connectivity index (χ0v) is 15.5. The molecule has 0 saturated heterocycles. The van der Waals surface area contributed by atoms with E-state index in [1.54, 1.807) is 29.2 Å². The highest BCUT2D eigenvalue weighted by Gasteiger charge is 2.13. The molecular formula is C21H20N6O. The van der Waals surface area contributed by atoms with Crippen LogP contribution in [0.15, 0.2) is 79.6 Å². The maximum Gasteiger partial charge on any atom is 0.253 e. The summed E-state index contributed by atoms with van der Waals surface area (Å²) < 4.78 is 3.56. The molecule has 2 aromatic heterocycles. The molecule has 0 saturated carbocycles. The molecule has 0 aliphatic carbocycles. The Morgan fingerprint density at radius 3 is 2.50 bits per heavy atom. The van der Waals surface area contributed by atoms with Gasteiger partial charge in [-0.1, -0.05) is 30.3 Å². The SMILES string of the molecule is CN(Cc1cnn(-c2ccccc2)c1)C(=O)c1ccc(Cn2cncn2)cc1. The third-order valence-electron chi connectivity index (χ3n) is 4.44. The number of carbonyl (C=O) groups is 1. The fourth-order valence-corrected chi connectivity index (χ4v) is 2.98. The van der Waals surface area contributed by atoms with E-state index in [0.29, 0.717) is 18.7 Å². The third kappa shape index (κ3) is 3.98. The molecule has 28 heavy (non-hydrogen) atoms. The van der Waals surface area contributed by atoms with E-state index in [2.05, 4.69) is 15.2 Å². The molecule has 0 fully saturated rings. The van der Waals surface area contributed by atoms with Gasteiger partial charge in [-0.15, -0.1) is 0 Å². The molecule has 0 spiro atoms. The second-order valence-electron chi connectivity index (χ2n) is 6.58. The standard InChI is InChI=1S/C21H20N6O/c1-25(12-18-11-23-27(14-18)20-5-3-2-4-6-20)21(28)19-9-7-17(8-10-19)13-26-16-22-15-24-26/h2-11,14-16H,12-13H2,1H3. The highest BCUT2D eigenvalue weighted by molar-refractivity contribution is 5.94. The normalized spacial score (nSPS) is 10.8. The Bertz CT molecular complexity index is 1040. The summed E-state index contributed by atoms with van der Waals surface area (Å²) in [7, 11) is 1.80. The molecule has 7 heteroatoms. The van der Waals surface area contributed by atoms with Gasteiger partial charge < -0.3 is 4.90 Å². The number of hydrogen-bond donors (Lipinski definition) is 0. The molecule has 2 heterocycles. The van der Waals surface area contributed by atoms with Crippen LogP contribution in [0.1, 0.15) is 21.5 Å².